The number of ether oxygens (including phenoxy) is 3. The highest BCUT2D eigenvalue weighted by Crippen LogP contribution is 2.38. The van der Waals surface area contributed by atoms with E-state index in [2.05, 4.69) is 5.32 Å². The Morgan fingerprint density at radius 1 is 1.04 bits per heavy atom. The van der Waals surface area contributed by atoms with Crippen LogP contribution in [0.5, 0.6) is 11.5 Å². The van der Waals surface area contributed by atoms with Gasteiger partial charge >= 0.3 is 5.97 Å². The molecule has 3 aromatic rings. The predicted octanol–water partition coefficient (Wildman–Crippen LogP) is 4.67. The van der Waals surface area contributed by atoms with Crippen molar-refractivity contribution in [3.8, 4) is 11.5 Å². The van der Waals surface area contributed by atoms with E-state index in [4.69, 9.17) is 25.8 Å². The number of anilines is 1. The number of halogens is 1. The van der Waals surface area contributed by atoms with Gasteiger partial charge in [-0.05, 0) is 29.1 Å². The topological polar surface area (TPSA) is 56.8 Å². The number of hydrogen-bond donors (Lipinski definition) is 1. The lowest BCUT2D eigenvalue weighted by Crippen LogP contribution is -2.15. The summed E-state index contributed by atoms with van der Waals surface area (Å²) >= 11 is 6.44. The molecule has 0 aliphatic carbocycles. The lowest BCUT2D eigenvalue weighted by molar-refractivity contribution is -0.138. The van der Waals surface area contributed by atoms with E-state index in [1.165, 1.54) is 7.11 Å². The number of rotatable bonds is 7. The Balaban J connectivity index is 1.96. The van der Waals surface area contributed by atoms with Gasteiger partial charge in [-0.25, -0.2) is 0 Å². The van der Waals surface area contributed by atoms with Crippen molar-refractivity contribution >= 4 is 34.0 Å². The number of nitrogens with one attached hydrogen (secondary N) is 1. The molecule has 0 spiro atoms. The summed E-state index contributed by atoms with van der Waals surface area (Å²) in [5.41, 5.74) is 1.70. The summed E-state index contributed by atoms with van der Waals surface area (Å²) in [6, 6.07) is 17.3. The summed E-state index contributed by atoms with van der Waals surface area (Å²) in [6.45, 7) is 0.425. The van der Waals surface area contributed by atoms with Crippen LogP contribution in [0.1, 0.15) is 5.56 Å². The van der Waals surface area contributed by atoms with E-state index < -0.39 is 0 Å². The molecule has 0 heterocycles. The fraction of sp³-hybridized carbons (Fsp3) is 0.190. The van der Waals surface area contributed by atoms with E-state index in [1.807, 2.05) is 54.6 Å². The highest BCUT2D eigenvalue weighted by atomic mass is 35.5. The molecule has 3 rings (SSSR count). The first-order valence-corrected chi connectivity index (χ1v) is 8.78. The second-order valence-corrected chi connectivity index (χ2v) is 6.23. The van der Waals surface area contributed by atoms with Crippen molar-refractivity contribution in [1.29, 1.82) is 0 Å². The van der Waals surface area contributed by atoms with Crippen molar-refractivity contribution in [1.82, 2.24) is 0 Å². The molecule has 140 valence electrons. The Morgan fingerprint density at radius 3 is 2.52 bits per heavy atom. The van der Waals surface area contributed by atoms with E-state index in [0.717, 1.165) is 16.3 Å². The van der Waals surface area contributed by atoms with E-state index in [1.54, 1.807) is 7.11 Å². The van der Waals surface area contributed by atoms with Crippen LogP contribution < -0.4 is 14.8 Å². The molecule has 0 atom stereocenters. The number of esters is 1. The number of carbonyl (C=O) groups excluding carboxylic acids is 1. The van der Waals surface area contributed by atoms with Gasteiger partial charge < -0.3 is 19.5 Å². The van der Waals surface area contributed by atoms with Crippen LogP contribution in [0.3, 0.4) is 0 Å². The van der Waals surface area contributed by atoms with Crippen LogP contribution in [0.2, 0.25) is 5.02 Å². The molecule has 3 aromatic carbocycles. The van der Waals surface area contributed by atoms with Gasteiger partial charge in [0.2, 0.25) is 0 Å². The maximum atomic E-state index is 11.5. The minimum atomic E-state index is -0.374. The van der Waals surface area contributed by atoms with E-state index >= 15 is 0 Å². The van der Waals surface area contributed by atoms with Gasteiger partial charge in [-0.2, -0.15) is 0 Å². The number of hydrogen-bond acceptors (Lipinski definition) is 5. The molecule has 0 aliphatic rings. The fourth-order valence-electron chi connectivity index (χ4n) is 2.68. The summed E-state index contributed by atoms with van der Waals surface area (Å²) in [5.74, 6) is 0.832. The summed E-state index contributed by atoms with van der Waals surface area (Å²) in [6.07, 6.45) is 0. The molecule has 0 fully saturated rings. The molecule has 0 amide bonds. The monoisotopic (exact) mass is 385 g/mol. The van der Waals surface area contributed by atoms with Crippen LogP contribution in [-0.4, -0.2) is 26.7 Å². The molecule has 0 unspecified atom stereocenters. The van der Waals surface area contributed by atoms with Gasteiger partial charge in [-0.3, -0.25) is 4.79 Å². The smallest absolute Gasteiger partial charge is 0.325 e. The van der Waals surface area contributed by atoms with Gasteiger partial charge in [0.25, 0.3) is 0 Å². The Kier molecular flexibility index (Phi) is 6.04. The quantitative estimate of drug-likeness (QED) is 0.599. The highest BCUT2D eigenvalue weighted by Gasteiger charge is 2.13. The van der Waals surface area contributed by atoms with Gasteiger partial charge in [-0.1, -0.05) is 48.0 Å². The number of benzene rings is 3. The fourth-order valence-corrected chi connectivity index (χ4v) is 2.99. The molecule has 0 radical (unpaired) electrons. The van der Waals surface area contributed by atoms with Crippen LogP contribution in [0.4, 0.5) is 5.69 Å². The first kappa shape index (κ1) is 18.9. The summed E-state index contributed by atoms with van der Waals surface area (Å²) < 4.78 is 16.0. The van der Waals surface area contributed by atoms with Crippen LogP contribution in [0.25, 0.3) is 10.8 Å². The molecular weight excluding hydrogens is 366 g/mol. The zero-order valence-electron chi connectivity index (χ0n) is 15.1. The molecule has 27 heavy (non-hydrogen) atoms. The van der Waals surface area contributed by atoms with Gasteiger partial charge in [0, 0.05) is 5.39 Å². The second kappa shape index (κ2) is 8.64. The normalized spacial score (nSPS) is 10.5. The lowest BCUT2D eigenvalue weighted by Gasteiger charge is -2.16. The Labute approximate surface area is 162 Å². The molecule has 0 saturated heterocycles. The Morgan fingerprint density at radius 2 is 1.81 bits per heavy atom. The summed E-state index contributed by atoms with van der Waals surface area (Å²) in [5, 5.41) is 5.27. The number of fused-ring (bicyclic) bond motifs is 1. The molecule has 0 aromatic heterocycles. The molecule has 0 bridgehead atoms. The third kappa shape index (κ3) is 4.44. The van der Waals surface area contributed by atoms with E-state index in [0.29, 0.717) is 28.8 Å². The van der Waals surface area contributed by atoms with Crippen LogP contribution in [-0.2, 0) is 16.1 Å². The third-order valence-corrected chi connectivity index (χ3v) is 4.52. The van der Waals surface area contributed by atoms with Crippen molar-refractivity contribution in [2.24, 2.45) is 0 Å². The van der Waals surface area contributed by atoms with E-state index in [9.17, 15) is 4.79 Å². The van der Waals surface area contributed by atoms with Crippen molar-refractivity contribution in [2.45, 2.75) is 6.61 Å². The van der Waals surface area contributed by atoms with Gasteiger partial charge in [0.15, 0.2) is 0 Å². The average molecular weight is 386 g/mol. The molecule has 5 nitrogen and oxygen atoms in total. The third-order valence-electron chi connectivity index (χ3n) is 4.13. The maximum Gasteiger partial charge on any atom is 0.325 e. The zero-order valence-corrected chi connectivity index (χ0v) is 15.9. The summed E-state index contributed by atoms with van der Waals surface area (Å²) in [4.78, 5) is 11.5. The SMILES string of the molecule is COC(=O)CNc1cc2c(Cl)c(OC)ccc2cc1OCc1ccccc1. The molecule has 0 saturated carbocycles. The largest absolute Gasteiger partial charge is 0.495 e. The minimum Gasteiger partial charge on any atom is -0.495 e. The Bertz CT molecular complexity index is 944. The first-order chi connectivity index (χ1) is 13.1. The van der Waals surface area contributed by atoms with Gasteiger partial charge in [-0.15, -0.1) is 0 Å². The predicted molar refractivity (Wildman–Crippen MR) is 107 cm³/mol. The number of carbonyl (C=O) groups is 1. The van der Waals surface area contributed by atoms with Crippen molar-refractivity contribution in [3.63, 3.8) is 0 Å². The second-order valence-electron chi connectivity index (χ2n) is 5.86. The van der Waals surface area contributed by atoms with Crippen LogP contribution in [0, 0.1) is 0 Å². The lowest BCUT2D eigenvalue weighted by atomic mass is 10.1. The molecular formula is C21H20ClNO4. The highest BCUT2D eigenvalue weighted by molar-refractivity contribution is 6.37. The van der Waals surface area contributed by atoms with Crippen molar-refractivity contribution < 1.29 is 19.0 Å². The van der Waals surface area contributed by atoms with Crippen molar-refractivity contribution in [2.75, 3.05) is 26.1 Å². The standard InChI is InChI=1S/C21H20ClNO4/c1-25-18-9-8-15-10-19(27-13-14-6-4-3-5-7-14)17(11-16(15)21(18)22)23-12-20(24)26-2/h3-11,23H,12-13H2,1-2H3. The minimum absolute atomic E-state index is 0.0191. The summed E-state index contributed by atoms with van der Waals surface area (Å²) in [7, 11) is 2.92. The van der Waals surface area contributed by atoms with Crippen LogP contribution >= 0.6 is 11.6 Å². The van der Waals surface area contributed by atoms with Gasteiger partial charge in [0.05, 0.1) is 24.9 Å². The Hall–Kier alpha value is -2.92. The molecule has 0 aliphatic heterocycles. The maximum absolute atomic E-state index is 11.5. The van der Waals surface area contributed by atoms with Crippen LogP contribution in [0.15, 0.2) is 54.6 Å². The van der Waals surface area contributed by atoms with Crippen molar-refractivity contribution in [3.05, 3.63) is 65.2 Å². The van der Waals surface area contributed by atoms with Gasteiger partial charge in [0.1, 0.15) is 24.7 Å². The number of methoxy groups -OCH3 is 2. The average Bonchev–Trinajstić information content (AvgIpc) is 2.71. The zero-order chi connectivity index (χ0) is 19.2. The first-order valence-electron chi connectivity index (χ1n) is 8.40. The van der Waals surface area contributed by atoms with E-state index in [-0.39, 0.29) is 12.5 Å². The molecule has 1 N–H and O–H groups in total. The molecule has 6 heteroatoms.